The molecule has 0 atom stereocenters. The molecular formula is C12H16ClF3N2. The lowest BCUT2D eigenvalue weighted by molar-refractivity contribution is -0.147. The van der Waals surface area contributed by atoms with Gasteiger partial charge in [0.1, 0.15) is 0 Å². The molecule has 0 aliphatic carbocycles. The van der Waals surface area contributed by atoms with Crippen molar-refractivity contribution in [3.63, 3.8) is 0 Å². The fraction of sp³-hybridized carbons (Fsp3) is 0.500. The van der Waals surface area contributed by atoms with Crippen LogP contribution < -0.4 is 5.73 Å². The fourth-order valence-corrected chi connectivity index (χ4v) is 1.93. The molecule has 18 heavy (non-hydrogen) atoms. The summed E-state index contributed by atoms with van der Waals surface area (Å²) in [7, 11) is 0. The second-order valence-corrected chi connectivity index (χ2v) is 4.61. The van der Waals surface area contributed by atoms with Gasteiger partial charge < -0.3 is 5.73 Å². The minimum absolute atomic E-state index is 0.153. The van der Waals surface area contributed by atoms with Crippen molar-refractivity contribution >= 4 is 17.3 Å². The Kier molecular flexibility index (Phi) is 5.28. The van der Waals surface area contributed by atoms with Crippen molar-refractivity contribution in [3.8, 4) is 0 Å². The van der Waals surface area contributed by atoms with Crippen LogP contribution in [0.4, 0.5) is 18.9 Å². The number of alkyl halides is 3. The topological polar surface area (TPSA) is 29.3 Å². The predicted molar refractivity (Wildman–Crippen MR) is 67.5 cm³/mol. The molecule has 0 aliphatic heterocycles. The Hall–Kier alpha value is -0.940. The predicted octanol–water partition coefficient (Wildman–Crippen LogP) is 3.70. The molecule has 0 spiro atoms. The Morgan fingerprint density at radius 1 is 1.33 bits per heavy atom. The maximum absolute atomic E-state index is 12.4. The van der Waals surface area contributed by atoms with Gasteiger partial charge in [0.15, 0.2) is 0 Å². The molecule has 0 saturated carbocycles. The normalized spacial score (nSPS) is 12.1. The third-order valence-corrected chi connectivity index (χ3v) is 2.68. The number of hydrogen-bond acceptors (Lipinski definition) is 2. The average molecular weight is 281 g/mol. The highest BCUT2D eigenvalue weighted by Crippen LogP contribution is 2.22. The van der Waals surface area contributed by atoms with Crippen molar-refractivity contribution in [2.45, 2.75) is 26.1 Å². The van der Waals surface area contributed by atoms with Crippen LogP contribution in [-0.4, -0.2) is 24.2 Å². The van der Waals surface area contributed by atoms with Gasteiger partial charge in [-0.25, -0.2) is 0 Å². The molecule has 2 N–H and O–H groups in total. The molecule has 1 aromatic carbocycles. The van der Waals surface area contributed by atoms with Crippen LogP contribution in [0.1, 0.15) is 18.9 Å². The third kappa shape index (κ3) is 5.14. The van der Waals surface area contributed by atoms with Crippen LogP contribution in [0.3, 0.4) is 0 Å². The number of nitrogens with zero attached hydrogens (tertiary/aromatic N) is 1. The van der Waals surface area contributed by atoms with E-state index in [1.165, 1.54) is 4.90 Å². The number of halogens is 4. The summed E-state index contributed by atoms with van der Waals surface area (Å²) >= 11 is 5.81. The summed E-state index contributed by atoms with van der Waals surface area (Å²) in [6, 6.07) is 4.83. The monoisotopic (exact) mass is 280 g/mol. The van der Waals surface area contributed by atoms with Gasteiger partial charge in [0.25, 0.3) is 0 Å². The average Bonchev–Trinajstić information content (AvgIpc) is 2.21. The molecule has 0 amide bonds. The van der Waals surface area contributed by atoms with Crippen LogP contribution in [0.5, 0.6) is 0 Å². The number of benzene rings is 1. The van der Waals surface area contributed by atoms with E-state index >= 15 is 0 Å². The Labute approximate surface area is 110 Å². The minimum atomic E-state index is -4.21. The van der Waals surface area contributed by atoms with Gasteiger partial charge >= 0.3 is 6.18 Å². The Morgan fingerprint density at radius 2 is 2.00 bits per heavy atom. The van der Waals surface area contributed by atoms with Gasteiger partial charge in [-0.2, -0.15) is 13.2 Å². The molecule has 102 valence electrons. The lowest BCUT2D eigenvalue weighted by Gasteiger charge is -2.23. The van der Waals surface area contributed by atoms with Gasteiger partial charge in [0.2, 0.25) is 0 Å². The first-order valence-corrected chi connectivity index (χ1v) is 6.02. The number of anilines is 1. The minimum Gasteiger partial charge on any atom is -0.398 e. The maximum atomic E-state index is 12.4. The van der Waals surface area contributed by atoms with Crippen LogP contribution in [0.2, 0.25) is 5.02 Å². The molecule has 1 rings (SSSR count). The van der Waals surface area contributed by atoms with Crippen molar-refractivity contribution < 1.29 is 13.2 Å². The largest absolute Gasteiger partial charge is 0.401 e. The van der Waals surface area contributed by atoms with Gasteiger partial charge in [0, 0.05) is 17.3 Å². The standard InChI is InChI=1S/C12H16ClF3N2/c1-2-5-18(8-12(14,15)16)7-9-6-10(13)3-4-11(9)17/h3-4,6H,2,5,7-8,17H2,1H3. The molecule has 1 aromatic rings. The lowest BCUT2D eigenvalue weighted by atomic mass is 10.1. The van der Waals surface area contributed by atoms with Crippen LogP contribution in [0.15, 0.2) is 18.2 Å². The summed E-state index contributed by atoms with van der Waals surface area (Å²) in [6.45, 7) is 1.42. The third-order valence-electron chi connectivity index (χ3n) is 2.44. The van der Waals surface area contributed by atoms with Crippen molar-refractivity contribution in [3.05, 3.63) is 28.8 Å². The smallest absolute Gasteiger partial charge is 0.398 e. The van der Waals surface area contributed by atoms with Crippen LogP contribution in [0, 0.1) is 0 Å². The second kappa shape index (κ2) is 6.29. The van der Waals surface area contributed by atoms with Crippen molar-refractivity contribution in [2.75, 3.05) is 18.8 Å². The number of nitrogens with two attached hydrogens (primary N) is 1. The van der Waals surface area contributed by atoms with Crippen LogP contribution in [-0.2, 0) is 6.54 Å². The van der Waals surface area contributed by atoms with E-state index in [4.69, 9.17) is 17.3 Å². The van der Waals surface area contributed by atoms with Gasteiger partial charge in [-0.3, -0.25) is 4.90 Å². The van der Waals surface area contributed by atoms with Gasteiger partial charge in [-0.15, -0.1) is 0 Å². The first kappa shape index (κ1) is 15.1. The maximum Gasteiger partial charge on any atom is 0.401 e. The van der Waals surface area contributed by atoms with E-state index in [9.17, 15) is 13.2 Å². The highest BCUT2D eigenvalue weighted by Gasteiger charge is 2.30. The molecule has 0 aliphatic rings. The van der Waals surface area contributed by atoms with Gasteiger partial charge in [0.05, 0.1) is 6.54 Å². The summed E-state index contributed by atoms with van der Waals surface area (Å²) in [5.74, 6) is 0. The molecular weight excluding hydrogens is 265 g/mol. The van der Waals surface area contributed by atoms with Crippen molar-refractivity contribution in [2.24, 2.45) is 0 Å². The Bertz CT molecular complexity index is 393. The Morgan fingerprint density at radius 3 is 2.56 bits per heavy atom. The summed E-state index contributed by atoms with van der Waals surface area (Å²) in [5.41, 5.74) is 6.82. The SMILES string of the molecule is CCCN(Cc1cc(Cl)ccc1N)CC(F)(F)F. The molecule has 0 heterocycles. The summed E-state index contributed by atoms with van der Waals surface area (Å²) < 4.78 is 37.2. The first-order chi connectivity index (χ1) is 8.31. The molecule has 0 radical (unpaired) electrons. The number of nitrogen functional groups attached to an aromatic ring is 1. The number of hydrogen-bond donors (Lipinski definition) is 1. The number of rotatable bonds is 5. The van der Waals surface area contributed by atoms with Crippen molar-refractivity contribution in [1.29, 1.82) is 0 Å². The summed E-state index contributed by atoms with van der Waals surface area (Å²) in [4.78, 5) is 1.32. The molecule has 0 unspecified atom stereocenters. The van der Waals surface area contributed by atoms with Gasteiger partial charge in [-0.05, 0) is 36.7 Å². The zero-order valence-corrected chi connectivity index (χ0v) is 10.9. The van der Waals surface area contributed by atoms with E-state index in [2.05, 4.69) is 0 Å². The molecule has 6 heteroatoms. The first-order valence-electron chi connectivity index (χ1n) is 5.65. The lowest BCUT2D eigenvalue weighted by Crippen LogP contribution is -2.34. The summed E-state index contributed by atoms with van der Waals surface area (Å²) in [6.07, 6.45) is -3.56. The quantitative estimate of drug-likeness (QED) is 0.834. The Balaban J connectivity index is 2.79. The van der Waals surface area contributed by atoms with E-state index in [1.807, 2.05) is 6.92 Å². The van der Waals surface area contributed by atoms with E-state index < -0.39 is 12.7 Å². The zero-order chi connectivity index (χ0) is 13.8. The molecule has 0 aromatic heterocycles. The summed E-state index contributed by atoms with van der Waals surface area (Å²) in [5, 5.41) is 0.475. The highest BCUT2D eigenvalue weighted by atomic mass is 35.5. The second-order valence-electron chi connectivity index (χ2n) is 4.17. The van der Waals surface area contributed by atoms with E-state index in [0.29, 0.717) is 29.2 Å². The molecule has 0 saturated heterocycles. The molecule has 0 bridgehead atoms. The van der Waals surface area contributed by atoms with Gasteiger partial charge in [-0.1, -0.05) is 18.5 Å². The van der Waals surface area contributed by atoms with E-state index in [0.717, 1.165) is 0 Å². The van der Waals surface area contributed by atoms with Crippen LogP contribution in [0.25, 0.3) is 0 Å². The van der Waals surface area contributed by atoms with E-state index in [1.54, 1.807) is 18.2 Å². The molecule has 2 nitrogen and oxygen atoms in total. The van der Waals surface area contributed by atoms with E-state index in [-0.39, 0.29) is 6.54 Å². The van der Waals surface area contributed by atoms with Crippen molar-refractivity contribution in [1.82, 2.24) is 4.90 Å². The van der Waals surface area contributed by atoms with Crippen LogP contribution >= 0.6 is 11.6 Å². The molecule has 0 fully saturated rings. The fourth-order valence-electron chi connectivity index (χ4n) is 1.74. The highest BCUT2D eigenvalue weighted by molar-refractivity contribution is 6.30. The zero-order valence-electron chi connectivity index (χ0n) is 10.1.